The van der Waals surface area contributed by atoms with Crippen LogP contribution in [0.2, 0.25) is 0 Å². The number of hydrogen-bond acceptors (Lipinski definition) is 3. The molecule has 3 heterocycles. The summed E-state index contributed by atoms with van der Waals surface area (Å²) >= 11 is 0. The topological polar surface area (TPSA) is 51.0 Å². The minimum absolute atomic E-state index is 0.122. The van der Waals surface area contributed by atoms with Gasteiger partial charge < -0.3 is 9.47 Å². The summed E-state index contributed by atoms with van der Waals surface area (Å²) in [5, 5.41) is 0. The van der Waals surface area contributed by atoms with Crippen LogP contribution < -0.4 is 4.90 Å². The molecule has 0 spiro atoms. The summed E-state index contributed by atoms with van der Waals surface area (Å²) in [5.41, 5.74) is 4.43. The first-order chi connectivity index (χ1) is 11.5. The molecule has 4 rings (SSSR count). The van der Waals surface area contributed by atoms with Gasteiger partial charge in [0.1, 0.15) is 0 Å². The second-order valence-electron chi connectivity index (χ2n) is 6.59. The minimum Gasteiger partial charge on any atom is -0.314 e. The highest BCUT2D eigenvalue weighted by molar-refractivity contribution is 6.07. The zero-order valence-corrected chi connectivity index (χ0v) is 13.9. The number of anilines is 1. The lowest BCUT2D eigenvalue weighted by Gasteiger charge is -2.16. The number of aromatic nitrogens is 3. The predicted molar refractivity (Wildman–Crippen MR) is 93.2 cm³/mol. The molecule has 0 N–H and O–H groups in total. The maximum atomic E-state index is 12.4. The molecule has 2 aromatic heterocycles. The van der Waals surface area contributed by atoms with Gasteiger partial charge in [0.05, 0.1) is 17.4 Å². The molecule has 0 atom stereocenters. The molecular weight excluding hydrogens is 300 g/mol. The van der Waals surface area contributed by atoms with Crippen LogP contribution in [0, 0.1) is 0 Å². The highest BCUT2D eigenvalue weighted by Gasteiger charge is 2.42. The van der Waals surface area contributed by atoms with Crippen molar-refractivity contribution < 1.29 is 4.79 Å². The van der Waals surface area contributed by atoms with Crippen LogP contribution >= 0.6 is 0 Å². The fourth-order valence-corrected chi connectivity index (χ4v) is 3.27. The molecule has 0 saturated carbocycles. The van der Waals surface area contributed by atoms with Gasteiger partial charge in [-0.2, -0.15) is 0 Å². The third-order valence-electron chi connectivity index (χ3n) is 4.71. The molecule has 5 heteroatoms. The van der Waals surface area contributed by atoms with Gasteiger partial charge in [-0.15, -0.1) is 0 Å². The fourth-order valence-electron chi connectivity index (χ4n) is 3.27. The van der Waals surface area contributed by atoms with Crippen molar-refractivity contribution in [1.82, 2.24) is 14.5 Å². The summed E-state index contributed by atoms with van der Waals surface area (Å²) in [4.78, 5) is 22.7. The SMILES string of the molecule is CN1C(=O)C(C)(C)c2ccc(-c3cn(-c4ccncc4)cn3)cc21. The molecule has 5 nitrogen and oxygen atoms in total. The maximum absolute atomic E-state index is 12.4. The van der Waals surface area contributed by atoms with Crippen molar-refractivity contribution in [2.75, 3.05) is 11.9 Å². The molecule has 0 bridgehead atoms. The van der Waals surface area contributed by atoms with Crippen LogP contribution in [0.15, 0.2) is 55.2 Å². The minimum atomic E-state index is -0.473. The molecule has 0 radical (unpaired) electrons. The third-order valence-corrected chi connectivity index (χ3v) is 4.71. The van der Waals surface area contributed by atoms with Crippen LogP contribution in [0.5, 0.6) is 0 Å². The summed E-state index contributed by atoms with van der Waals surface area (Å²) in [6, 6.07) is 9.98. The number of carbonyl (C=O) groups is 1. The second-order valence-corrected chi connectivity index (χ2v) is 6.59. The molecule has 1 aliphatic heterocycles. The van der Waals surface area contributed by atoms with E-state index >= 15 is 0 Å². The Morgan fingerprint density at radius 3 is 2.58 bits per heavy atom. The van der Waals surface area contributed by atoms with E-state index in [0.29, 0.717) is 0 Å². The van der Waals surface area contributed by atoms with E-state index in [0.717, 1.165) is 28.2 Å². The van der Waals surface area contributed by atoms with Gasteiger partial charge in [-0.05, 0) is 37.6 Å². The van der Waals surface area contributed by atoms with Gasteiger partial charge in [-0.1, -0.05) is 12.1 Å². The monoisotopic (exact) mass is 318 g/mol. The lowest BCUT2D eigenvalue weighted by atomic mass is 9.86. The summed E-state index contributed by atoms with van der Waals surface area (Å²) in [6.07, 6.45) is 7.29. The molecule has 0 saturated heterocycles. The molecule has 120 valence electrons. The smallest absolute Gasteiger partial charge is 0.236 e. The Kier molecular flexibility index (Phi) is 3.06. The van der Waals surface area contributed by atoms with Crippen LogP contribution in [-0.2, 0) is 10.2 Å². The van der Waals surface area contributed by atoms with Crippen LogP contribution in [0.4, 0.5) is 5.69 Å². The van der Waals surface area contributed by atoms with Gasteiger partial charge in [0.15, 0.2) is 0 Å². The van der Waals surface area contributed by atoms with Crippen LogP contribution in [0.25, 0.3) is 16.9 Å². The van der Waals surface area contributed by atoms with Crippen molar-refractivity contribution in [3.05, 3.63) is 60.8 Å². The molecule has 3 aromatic rings. The number of pyridine rings is 1. The Morgan fingerprint density at radius 2 is 1.83 bits per heavy atom. The van der Waals surface area contributed by atoms with Gasteiger partial charge in [-0.3, -0.25) is 9.78 Å². The molecule has 0 aliphatic carbocycles. The third kappa shape index (κ3) is 2.05. The highest BCUT2D eigenvalue weighted by atomic mass is 16.2. The number of hydrogen-bond donors (Lipinski definition) is 0. The lowest BCUT2D eigenvalue weighted by Crippen LogP contribution is -2.33. The summed E-state index contributed by atoms with van der Waals surface area (Å²) < 4.78 is 1.96. The normalized spacial score (nSPS) is 15.6. The van der Waals surface area contributed by atoms with E-state index in [9.17, 15) is 4.79 Å². The van der Waals surface area contributed by atoms with Crippen molar-refractivity contribution in [1.29, 1.82) is 0 Å². The summed E-state index contributed by atoms with van der Waals surface area (Å²) in [6.45, 7) is 3.94. The quantitative estimate of drug-likeness (QED) is 0.729. The second kappa shape index (κ2) is 5.03. The van der Waals surface area contributed by atoms with Crippen molar-refractivity contribution in [2.24, 2.45) is 0 Å². The maximum Gasteiger partial charge on any atom is 0.236 e. The number of carbonyl (C=O) groups excluding carboxylic acids is 1. The molecule has 1 aliphatic rings. The number of rotatable bonds is 2. The number of likely N-dealkylation sites (N-methyl/N-ethyl adjacent to an activating group) is 1. The molecule has 0 fully saturated rings. The van der Waals surface area contributed by atoms with Gasteiger partial charge >= 0.3 is 0 Å². The van der Waals surface area contributed by atoms with Gasteiger partial charge in [0.2, 0.25) is 5.91 Å². The molecule has 24 heavy (non-hydrogen) atoms. The van der Waals surface area contributed by atoms with Crippen molar-refractivity contribution in [3.63, 3.8) is 0 Å². The average molecular weight is 318 g/mol. The van der Waals surface area contributed by atoms with Crippen LogP contribution in [-0.4, -0.2) is 27.5 Å². The summed E-state index contributed by atoms with van der Waals surface area (Å²) in [5.74, 6) is 0.122. The van der Waals surface area contributed by atoms with Gasteiger partial charge in [0, 0.05) is 42.6 Å². The van der Waals surface area contributed by atoms with Crippen molar-refractivity contribution in [3.8, 4) is 16.9 Å². The number of fused-ring (bicyclic) bond motifs is 1. The molecule has 0 unspecified atom stereocenters. The number of nitrogens with zero attached hydrogens (tertiary/aromatic N) is 4. The Bertz CT molecular complexity index is 928. The standard InChI is InChI=1S/C19H18N4O/c1-19(2)15-5-4-13(10-17(15)22(3)18(19)24)16-11-23(12-21-16)14-6-8-20-9-7-14/h4-12H,1-3H3. The molecular formula is C19H18N4O. The Hall–Kier alpha value is -2.95. The van der Waals surface area contributed by atoms with Crippen LogP contribution in [0.3, 0.4) is 0 Å². The predicted octanol–water partition coefficient (Wildman–Crippen LogP) is 3.19. The van der Waals surface area contributed by atoms with E-state index in [4.69, 9.17) is 0 Å². The Morgan fingerprint density at radius 1 is 1.08 bits per heavy atom. The lowest BCUT2D eigenvalue weighted by molar-refractivity contribution is -0.121. The fraction of sp³-hybridized carbons (Fsp3) is 0.211. The van der Waals surface area contributed by atoms with Gasteiger partial charge in [0.25, 0.3) is 0 Å². The average Bonchev–Trinajstić information content (AvgIpc) is 3.16. The number of amides is 1. The highest BCUT2D eigenvalue weighted by Crippen LogP contribution is 2.42. The van der Waals surface area contributed by atoms with E-state index in [1.807, 2.05) is 62.0 Å². The van der Waals surface area contributed by atoms with E-state index in [2.05, 4.69) is 9.97 Å². The van der Waals surface area contributed by atoms with E-state index in [1.54, 1.807) is 23.6 Å². The number of benzene rings is 1. The molecule has 1 amide bonds. The van der Waals surface area contributed by atoms with E-state index < -0.39 is 5.41 Å². The van der Waals surface area contributed by atoms with E-state index in [1.165, 1.54) is 0 Å². The van der Waals surface area contributed by atoms with Gasteiger partial charge in [-0.25, -0.2) is 4.98 Å². The Balaban J connectivity index is 1.75. The Labute approximate surface area is 140 Å². The zero-order valence-electron chi connectivity index (χ0n) is 13.9. The van der Waals surface area contributed by atoms with Crippen LogP contribution in [0.1, 0.15) is 19.4 Å². The molecule has 1 aromatic carbocycles. The largest absolute Gasteiger partial charge is 0.314 e. The first-order valence-corrected chi connectivity index (χ1v) is 7.86. The summed E-state index contributed by atoms with van der Waals surface area (Å²) in [7, 11) is 1.83. The zero-order chi connectivity index (χ0) is 16.9. The van der Waals surface area contributed by atoms with Crippen molar-refractivity contribution >= 4 is 11.6 Å². The first kappa shape index (κ1) is 14.6. The first-order valence-electron chi connectivity index (χ1n) is 7.86. The van der Waals surface area contributed by atoms with Crippen molar-refractivity contribution in [2.45, 2.75) is 19.3 Å². The van der Waals surface area contributed by atoms with E-state index in [-0.39, 0.29) is 5.91 Å². The number of imidazole rings is 1.